The molecule has 0 saturated heterocycles. The zero-order valence-corrected chi connectivity index (χ0v) is 24.5. The van der Waals surface area contributed by atoms with Crippen LogP contribution in [-0.4, -0.2) is 45.1 Å². The van der Waals surface area contributed by atoms with Crippen LogP contribution < -0.4 is 5.32 Å². The molecular formula is C31H36F2N4O6. The second-order valence-electron chi connectivity index (χ2n) is 10.7. The molecule has 12 heteroatoms. The molecular weight excluding hydrogens is 562 g/mol. The predicted octanol–water partition coefficient (Wildman–Crippen LogP) is 6.60. The van der Waals surface area contributed by atoms with E-state index < -0.39 is 30.4 Å². The molecule has 0 aliphatic heterocycles. The number of aryl methyl sites for hydroxylation is 1. The zero-order chi connectivity index (χ0) is 31.1. The first kappa shape index (κ1) is 31.7. The molecule has 1 fully saturated rings. The van der Waals surface area contributed by atoms with Crippen molar-refractivity contribution in [3.05, 3.63) is 65.6 Å². The van der Waals surface area contributed by atoms with Crippen molar-refractivity contribution >= 4 is 23.8 Å². The van der Waals surface area contributed by atoms with Gasteiger partial charge in [-0.05, 0) is 94.3 Å². The average molecular weight is 599 g/mol. The van der Waals surface area contributed by atoms with E-state index in [-0.39, 0.29) is 29.8 Å². The van der Waals surface area contributed by atoms with E-state index in [1.807, 2.05) is 19.1 Å². The third-order valence-electron chi connectivity index (χ3n) is 7.50. The van der Waals surface area contributed by atoms with E-state index in [1.54, 1.807) is 32.2 Å². The lowest BCUT2D eigenvalue weighted by molar-refractivity contribution is -0.175. The maximum atomic E-state index is 13.1. The number of alkyl halides is 2. The number of ether oxygens (including phenoxy) is 3. The molecule has 2 N–H and O–H groups in total. The van der Waals surface area contributed by atoms with Gasteiger partial charge in [-0.3, -0.25) is 9.78 Å². The lowest BCUT2D eigenvalue weighted by atomic mass is 9.73. The lowest BCUT2D eigenvalue weighted by Gasteiger charge is -2.37. The number of pyridine rings is 3. The molecule has 1 aliphatic carbocycles. The molecule has 230 valence electrons. The Kier molecular flexibility index (Phi) is 10.2. The van der Waals surface area contributed by atoms with Gasteiger partial charge in [0.05, 0.1) is 23.9 Å². The largest absolute Gasteiger partial charge is 0.511 e. The van der Waals surface area contributed by atoms with Gasteiger partial charge < -0.3 is 24.6 Å². The molecule has 4 rings (SSSR count). The van der Waals surface area contributed by atoms with Gasteiger partial charge in [-0.15, -0.1) is 0 Å². The van der Waals surface area contributed by atoms with Crippen molar-refractivity contribution in [2.45, 2.75) is 71.7 Å². The van der Waals surface area contributed by atoms with Crippen LogP contribution in [0.5, 0.6) is 0 Å². The predicted molar refractivity (Wildman–Crippen MR) is 153 cm³/mol. The molecule has 1 aliphatic rings. The van der Waals surface area contributed by atoms with Crippen LogP contribution in [0.4, 0.5) is 25.2 Å². The number of halogens is 2. The van der Waals surface area contributed by atoms with Gasteiger partial charge in [0.25, 0.3) is 6.43 Å². The summed E-state index contributed by atoms with van der Waals surface area (Å²) in [5, 5.41) is 14.5. The van der Waals surface area contributed by atoms with E-state index in [0.717, 1.165) is 5.56 Å². The van der Waals surface area contributed by atoms with Crippen molar-refractivity contribution in [1.82, 2.24) is 15.0 Å². The van der Waals surface area contributed by atoms with Crippen molar-refractivity contribution in [1.29, 1.82) is 0 Å². The SMILES string of the molecule is CCOC(=O)OC(C)OC(=O)[C@H]1CC[C@H](C(C)(O)c2ccc(-c3cc(C)cc(Nc4cc(C(F)F)ccn4)n3)cn2)CC1. The number of aliphatic hydroxyl groups is 1. The molecule has 0 amide bonds. The number of nitrogens with one attached hydrogen (secondary N) is 1. The summed E-state index contributed by atoms with van der Waals surface area (Å²) >= 11 is 0. The lowest BCUT2D eigenvalue weighted by Crippen LogP contribution is -2.37. The van der Waals surface area contributed by atoms with E-state index in [2.05, 4.69) is 20.3 Å². The summed E-state index contributed by atoms with van der Waals surface area (Å²) in [5.74, 6) is -0.239. The van der Waals surface area contributed by atoms with Crippen LogP contribution in [0.3, 0.4) is 0 Å². The van der Waals surface area contributed by atoms with Crippen molar-refractivity contribution in [3.8, 4) is 11.3 Å². The van der Waals surface area contributed by atoms with Gasteiger partial charge in [0.15, 0.2) is 0 Å². The topological polar surface area (TPSA) is 133 Å². The highest BCUT2D eigenvalue weighted by Gasteiger charge is 2.39. The van der Waals surface area contributed by atoms with E-state index in [4.69, 9.17) is 14.2 Å². The van der Waals surface area contributed by atoms with Crippen molar-refractivity contribution in [2.75, 3.05) is 11.9 Å². The van der Waals surface area contributed by atoms with E-state index in [9.17, 15) is 23.5 Å². The molecule has 0 radical (unpaired) electrons. The average Bonchev–Trinajstić information content (AvgIpc) is 2.97. The minimum Gasteiger partial charge on any atom is -0.435 e. The summed E-state index contributed by atoms with van der Waals surface area (Å²) in [7, 11) is 0. The fourth-order valence-electron chi connectivity index (χ4n) is 5.18. The van der Waals surface area contributed by atoms with Crippen LogP contribution in [0.15, 0.2) is 48.8 Å². The molecule has 10 nitrogen and oxygen atoms in total. The Hall–Kier alpha value is -4.19. The standard InChI is InChI=1S/C31H36F2N4O6/c1-5-41-30(39)43-19(3)42-29(38)20-6-9-23(10-7-20)31(4,40)25-11-8-22(17-35-25)24-14-18(2)15-27(36-24)37-26-16-21(28(32)33)12-13-34-26/h8,11-17,19-20,23,28,40H,5-7,9-10H2,1-4H3,(H,34,36,37)/t19?,20-,23-,31?. The zero-order valence-electron chi connectivity index (χ0n) is 24.5. The molecule has 2 unspecified atom stereocenters. The smallest absolute Gasteiger partial charge is 0.435 e. The third kappa shape index (κ3) is 8.22. The summed E-state index contributed by atoms with van der Waals surface area (Å²) in [6.07, 6.45) is 0.590. The Morgan fingerprint density at radius 1 is 1.07 bits per heavy atom. The first-order valence-electron chi connectivity index (χ1n) is 14.2. The molecule has 0 spiro atoms. The summed E-state index contributed by atoms with van der Waals surface area (Å²) in [6.45, 7) is 6.87. The van der Waals surface area contributed by atoms with E-state index in [0.29, 0.717) is 48.5 Å². The molecule has 3 aromatic rings. The molecule has 2 atom stereocenters. The molecule has 0 aromatic carbocycles. The number of esters is 1. The van der Waals surface area contributed by atoms with Crippen LogP contribution in [-0.2, 0) is 24.6 Å². The van der Waals surface area contributed by atoms with E-state index >= 15 is 0 Å². The number of hydrogen-bond donors (Lipinski definition) is 2. The Bertz CT molecular complexity index is 1410. The minimum atomic E-state index is -2.61. The number of hydrogen-bond acceptors (Lipinski definition) is 10. The summed E-state index contributed by atoms with van der Waals surface area (Å²) in [5.41, 5.74) is 1.35. The number of rotatable bonds is 10. The minimum absolute atomic E-state index is 0.132. The van der Waals surface area contributed by atoms with Gasteiger partial charge in [-0.25, -0.2) is 23.5 Å². The normalized spacial score (nSPS) is 18.8. The van der Waals surface area contributed by atoms with E-state index in [1.165, 1.54) is 25.3 Å². The Balaban J connectivity index is 1.38. The van der Waals surface area contributed by atoms with Gasteiger partial charge in [0.2, 0.25) is 6.29 Å². The Labute approximate surface area is 248 Å². The summed E-state index contributed by atoms with van der Waals surface area (Å²) in [4.78, 5) is 37.3. The first-order chi connectivity index (χ1) is 20.5. The van der Waals surface area contributed by atoms with Crippen LogP contribution >= 0.6 is 0 Å². The van der Waals surface area contributed by atoms with Crippen LogP contribution in [0, 0.1) is 18.8 Å². The highest BCUT2D eigenvalue weighted by Crippen LogP contribution is 2.41. The third-order valence-corrected chi connectivity index (χ3v) is 7.50. The highest BCUT2D eigenvalue weighted by atomic mass is 19.3. The fourth-order valence-corrected chi connectivity index (χ4v) is 5.18. The number of anilines is 2. The quantitative estimate of drug-likeness (QED) is 0.194. The molecule has 43 heavy (non-hydrogen) atoms. The monoisotopic (exact) mass is 598 g/mol. The highest BCUT2D eigenvalue weighted by molar-refractivity contribution is 5.73. The second kappa shape index (κ2) is 13.9. The summed E-state index contributed by atoms with van der Waals surface area (Å²) < 4.78 is 41.0. The van der Waals surface area contributed by atoms with Gasteiger partial charge >= 0.3 is 12.1 Å². The Morgan fingerprint density at radius 2 is 1.81 bits per heavy atom. The van der Waals surface area contributed by atoms with Crippen LogP contribution in [0.25, 0.3) is 11.3 Å². The first-order valence-corrected chi connectivity index (χ1v) is 14.2. The van der Waals surface area contributed by atoms with Crippen molar-refractivity contribution in [3.63, 3.8) is 0 Å². The van der Waals surface area contributed by atoms with Crippen molar-refractivity contribution < 1.29 is 37.7 Å². The Morgan fingerprint density at radius 3 is 2.47 bits per heavy atom. The number of nitrogens with zero attached hydrogens (tertiary/aromatic N) is 3. The number of carbonyl (C=O) groups is 2. The maximum absolute atomic E-state index is 13.1. The molecule has 3 aromatic heterocycles. The van der Waals surface area contributed by atoms with Gasteiger partial charge in [0, 0.05) is 30.4 Å². The van der Waals surface area contributed by atoms with Crippen LogP contribution in [0.1, 0.15) is 69.7 Å². The summed E-state index contributed by atoms with van der Waals surface area (Å²) in [6, 6.07) is 9.79. The number of carbonyl (C=O) groups excluding carboxylic acids is 2. The van der Waals surface area contributed by atoms with Gasteiger partial charge in [-0.1, -0.05) is 0 Å². The molecule has 0 bridgehead atoms. The molecule has 1 saturated carbocycles. The second-order valence-corrected chi connectivity index (χ2v) is 10.7. The van der Waals surface area contributed by atoms with Crippen molar-refractivity contribution in [2.24, 2.45) is 11.8 Å². The maximum Gasteiger partial charge on any atom is 0.511 e. The number of aromatic nitrogens is 3. The molecule has 3 heterocycles. The van der Waals surface area contributed by atoms with Gasteiger partial charge in [0.1, 0.15) is 17.2 Å². The fraction of sp³-hybridized carbons (Fsp3) is 0.452. The van der Waals surface area contributed by atoms with Gasteiger partial charge in [-0.2, -0.15) is 0 Å². The van der Waals surface area contributed by atoms with Crippen LogP contribution in [0.2, 0.25) is 0 Å².